The van der Waals surface area contributed by atoms with Gasteiger partial charge >= 0.3 is 0 Å². The molecule has 0 fully saturated rings. The van der Waals surface area contributed by atoms with E-state index in [0.29, 0.717) is 5.69 Å². The fourth-order valence-electron chi connectivity index (χ4n) is 3.05. The number of nitrogens with zero attached hydrogens (tertiary/aromatic N) is 6. The number of fused-ring (bicyclic) bond motifs is 1. The van der Waals surface area contributed by atoms with Gasteiger partial charge in [0, 0.05) is 23.7 Å². The van der Waals surface area contributed by atoms with E-state index < -0.39 is 5.95 Å². The number of imidazole rings is 1. The summed E-state index contributed by atoms with van der Waals surface area (Å²) in [7, 11) is 0. The summed E-state index contributed by atoms with van der Waals surface area (Å²) in [6.07, 6.45) is 4.29. The van der Waals surface area contributed by atoms with Gasteiger partial charge in [0.25, 0.3) is 0 Å². The van der Waals surface area contributed by atoms with Gasteiger partial charge in [0.2, 0.25) is 5.95 Å². The number of aryl methyl sites for hydroxylation is 2. The van der Waals surface area contributed by atoms with Crippen molar-refractivity contribution in [1.82, 2.24) is 29.4 Å². The SMILES string of the molecule is CCc1nc2ccc(-c3nnn(-c4cccnc4F)c3C)cn2c1C. The van der Waals surface area contributed by atoms with Crippen LogP contribution in [-0.4, -0.2) is 29.4 Å². The van der Waals surface area contributed by atoms with Gasteiger partial charge in [-0.3, -0.25) is 0 Å². The molecule has 0 N–H and O–H groups in total. The van der Waals surface area contributed by atoms with Gasteiger partial charge in [-0.25, -0.2) is 14.6 Å². The molecule has 4 aromatic rings. The van der Waals surface area contributed by atoms with E-state index in [9.17, 15) is 4.39 Å². The molecular formula is C18H17FN6. The zero-order valence-corrected chi connectivity index (χ0v) is 14.2. The molecule has 4 rings (SSSR count). The Morgan fingerprint density at radius 1 is 1.12 bits per heavy atom. The average molecular weight is 336 g/mol. The van der Waals surface area contributed by atoms with Crippen molar-refractivity contribution >= 4 is 5.65 Å². The summed E-state index contributed by atoms with van der Waals surface area (Å²) < 4.78 is 17.5. The monoisotopic (exact) mass is 336 g/mol. The van der Waals surface area contributed by atoms with Crippen molar-refractivity contribution in [2.75, 3.05) is 0 Å². The molecule has 0 unspecified atom stereocenters. The number of pyridine rings is 2. The Morgan fingerprint density at radius 3 is 2.72 bits per heavy atom. The summed E-state index contributed by atoms with van der Waals surface area (Å²) in [5.74, 6) is -0.574. The lowest BCUT2D eigenvalue weighted by molar-refractivity contribution is 0.564. The molecule has 7 heteroatoms. The van der Waals surface area contributed by atoms with Gasteiger partial charge in [0.15, 0.2) is 0 Å². The number of aromatic nitrogens is 6. The zero-order valence-electron chi connectivity index (χ0n) is 14.2. The van der Waals surface area contributed by atoms with Crippen LogP contribution < -0.4 is 0 Å². The molecular weight excluding hydrogens is 319 g/mol. The third kappa shape index (κ3) is 2.39. The Balaban J connectivity index is 1.85. The minimum absolute atomic E-state index is 0.284. The van der Waals surface area contributed by atoms with Crippen LogP contribution in [0.15, 0.2) is 36.7 Å². The van der Waals surface area contributed by atoms with Crippen LogP contribution >= 0.6 is 0 Å². The van der Waals surface area contributed by atoms with Crippen molar-refractivity contribution in [3.05, 3.63) is 59.7 Å². The molecule has 0 spiro atoms. The summed E-state index contributed by atoms with van der Waals surface area (Å²) in [5, 5.41) is 8.36. The van der Waals surface area contributed by atoms with E-state index in [1.165, 1.54) is 10.9 Å². The van der Waals surface area contributed by atoms with Crippen molar-refractivity contribution in [3.8, 4) is 16.9 Å². The minimum atomic E-state index is -0.574. The quantitative estimate of drug-likeness (QED) is 0.539. The lowest BCUT2D eigenvalue weighted by atomic mass is 10.1. The highest BCUT2D eigenvalue weighted by molar-refractivity contribution is 5.64. The van der Waals surface area contributed by atoms with E-state index in [-0.39, 0.29) is 5.69 Å². The van der Waals surface area contributed by atoms with Crippen molar-refractivity contribution in [2.24, 2.45) is 0 Å². The third-order valence-electron chi connectivity index (χ3n) is 4.43. The maximum absolute atomic E-state index is 14.0. The second-order valence-electron chi connectivity index (χ2n) is 5.89. The maximum atomic E-state index is 14.0. The number of hydrogen-bond donors (Lipinski definition) is 0. The fraction of sp³-hybridized carbons (Fsp3) is 0.222. The van der Waals surface area contributed by atoms with Crippen molar-refractivity contribution < 1.29 is 4.39 Å². The standard InChI is InChI=1S/C18H17FN6/c1-4-14-11(2)24-10-13(7-8-16(24)21-14)17-12(3)25(23-22-17)15-6-5-9-20-18(15)19/h5-10H,4H2,1-3H3. The molecule has 4 heterocycles. The van der Waals surface area contributed by atoms with Crippen LogP contribution in [0.5, 0.6) is 0 Å². The molecule has 0 bridgehead atoms. The summed E-state index contributed by atoms with van der Waals surface area (Å²) in [4.78, 5) is 8.29. The van der Waals surface area contributed by atoms with Crippen LogP contribution in [0.3, 0.4) is 0 Å². The van der Waals surface area contributed by atoms with Crippen LogP contribution in [0.25, 0.3) is 22.6 Å². The largest absolute Gasteiger partial charge is 0.303 e. The first-order chi connectivity index (χ1) is 12.1. The van der Waals surface area contributed by atoms with Crippen LogP contribution in [0, 0.1) is 19.8 Å². The molecule has 0 aliphatic heterocycles. The number of hydrogen-bond acceptors (Lipinski definition) is 4. The van der Waals surface area contributed by atoms with Crippen molar-refractivity contribution in [1.29, 1.82) is 0 Å². The predicted molar refractivity (Wildman–Crippen MR) is 92.2 cm³/mol. The highest BCUT2D eigenvalue weighted by Crippen LogP contribution is 2.25. The van der Waals surface area contributed by atoms with E-state index >= 15 is 0 Å². The molecule has 0 saturated heterocycles. The number of rotatable bonds is 3. The van der Waals surface area contributed by atoms with E-state index in [0.717, 1.165) is 34.7 Å². The van der Waals surface area contributed by atoms with Crippen LogP contribution in [0.1, 0.15) is 24.0 Å². The third-order valence-corrected chi connectivity index (χ3v) is 4.43. The summed E-state index contributed by atoms with van der Waals surface area (Å²) in [5.41, 5.74) is 5.74. The molecule has 4 aromatic heterocycles. The Bertz CT molecular complexity index is 1080. The summed E-state index contributed by atoms with van der Waals surface area (Å²) in [6, 6.07) is 7.23. The predicted octanol–water partition coefficient (Wildman–Crippen LogP) is 3.30. The van der Waals surface area contributed by atoms with Crippen LogP contribution in [0.2, 0.25) is 0 Å². The summed E-state index contributed by atoms with van der Waals surface area (Å²) >= 11 is 0. The molecule has 0 aliphatic carbocycles. The molecule has 0 atom stereocenters. The normalized spacial score (nSPS) is 11.4. The second kappa shape index (κ2) is 5.77. The molecule has 0 amide bonds. The first-order valence-electron chi connectivity index (χ1n) is 8.11. The first-order valence-corrected chi connectivity index (χ1v) is 8.11. The molecule has 0 aromatic carbocycles. The van der Waals surface area contributed by atoms with Crippen LogP contribution in [-0.2, 0) is 6.42 Å². The summed E-state index contributed by atoms with van der Waals surface area (Å²) in [6.45, 7) is 6.01. The van der Waals surface area contributed by atoms with Gasteiger partial charge in [-0.1, -0.05) is 12.1 Å². The molecule has 0 radical (unpaired) electrons. The zero-order chi connectivity index (χ0) is 17.6. The molecule has 25 heavy (non-hydrogen) atoms. The van der Waals surface area contributed by atoms with Gasteiger partial charge < -0.3 is 4.40 Å². The van der Waals surface area contributed by atoms with Crippen molar-refractivity contribution in [2.45, 2.75) is 27.2 Å². The van der Waals surface area contributed by atoms with Crippen LogP contribution in [0.4, 0.5) is 4.39 Å². The molecule has 6 nitrogen and oxygen atoms in total. The fourth-order valence-corrected chi connectivity index (χ4v) is 3.05. The topological polar surface area (TPSA) is 60.9 Å². The Kier molecular flexibility index (Phi) is 3.56. The Labute approximate surface area is 144 Å². The Morgan fingerprint density at radius 2 is 1.96 bits per heavy atom. The Hall–Kier alpha value is -3.09. The highest BCUT2D eigenvalue weighted by Gasteiger charge is 2.16. The van der Waals surface area contributed by atoms with Gasteiger partial charge in [-0.2, -0.15) is 4.39 Å². The van der Waals surface area contributed by atoms with E-state index in [1.807, 2.05) is 25.3 Å². The van der Waals surface area contributed by atoms with Gasteiger partial charge in [0.1, 0.15) is 17.0 Å². The minimum Gasteiger partial charge on any atom is -0.303 e. The van der Waals surface area contributed by atoms with Crippen molar-refractivity contribution in [3.63, 3.8) is 0 Å². The molecule has 0 aliphatic rings. The number of halogens is 1. The first kappa shape index (κ1) is 15.4. The van der Waals surface area contributed by atoms with Gasteiger partial charge in [0.05, 0.1) is 11.4 Å². The molecule has 0 saturated carbocycles. The lowest BCUT2D eigenvalue weighted by Gasteiger charge is -2.05. The average Bonchev–Trinajstić information content (AvgIpc) is 3.15. The maximum Gasteiger partial charge on any atom is 0.238 e. The molecule has 126 valence electrons. The van der Waals surface area contributed by atoms with E-state index in [4.69, 9.17) is 0 Å². The second-order valence-corrected chi connectivity index (χ2v) is 5.89. The van der Waals surface area contributed by atoms with Gasteiger partial charge in [-0.05, 0) is 44.5 Å². The smallest absolute Gasteiger partial charge is 0.238 e. The van der Waals surface area contributed by atoms with Gasteiger partial charge in [-0.15, -0.1) is 5.10 Å². The highest BCUT2D eigenvalue weighted by atomic mass is 19.1. The lowest BCUT2D eigenvalue weighted by Crippen LogP contribution is -2.03. The van der Waals surface area contributed by atoms with E-state index in [1.54, 1.807) is 12.1 Å². The van der Waals surface area contributed by atoms with E-state index in [2.05, 4.69) is 38.5 Å².